The lowest BCUT2D eigenvalue weighted by molar-refractivity contribution is -0.390. The van der Waals surface area contributed by atoms with Crippen molar-refractivity contribution < 1.29 is 120 Å². The van der Waals surface area contributed by atoms with Crippen LogP contribution in [0.3, 0.4) is 0 Å². The van der Waals surface area contributed by atoms with Crippen LogP contribution in [0.5, 0.6) is 0 Å². The SMILES string of the molecule is C[C@H](CC[C@@H](O[C@@H]1O[C@H](CO)[C@@H](O)[C@H](O)[C@H]1O[C@H]1O[C@@H](CO)[C@H](O)[C@@H](O[C@H]2O[C@@H](CO)[C@H](O)[C@@H](O)[C@@H]2O)[C@@H]1O)C(C)(C)O)C1CC[C@@]2(C)C3CC=C4C(CC[C@H](O[C@@H]5O[C@H](CO)[C@@H](O)[C@H](O)[C@H]5O)C4(C)C)[C@]3(C)[C@H](O)C[C@]12C. The molecule has 0 bridgehead atoms. The highest BCUT2D eigenvalue weighted by atomic mass is 16.8. The first-order valence-electron chi connectivity index (χ1n) is 28.0. The number of hydrogen-bond acceptors (Lipinski definition) is 24. The Bertz CT molecular complexity index is 2030. The highest BCUT2D eigenvalue weighted by Gasteiger charge is 2.70. The van der Waals surface area contributed by atoms with Gasteiger partial charge in [-0.2, -0.15) is 0 Å². The quantitative estimate of drug-likeness (QED) is 0.0637. The molecule has 452 valence electrons. The van der Waals surface area contributed by atoms with Crippen molar-refractivity contribution in [3.8, 4) is 0 Å². The number of aliphatic hydroxyl groups excluding tert-OH is 15. The summed E-state index contributed by atoms with van der Waals surface area (Å²) in [5, 5.41) is 173. The summed E-state index contributed by atoms with van der Waals surface area (Å²) in [4.78, 5) is 0. The molecular formula is C54H92O24. The third-order valence-corrected chi connectivity index (χ3v) is 20.8. The summed E-state index contributed by atoms with van der Waals surface area (Å²) in [7, 11) is 0. The molecule has 7 fully saturated rings. The van der Waals surface area contributed by atoms with E-state index in [0.717, 1.165) is 18.4 Å². The Hall–Kier alpha value is -1.22. The van der Waals surface area contributed by atoms with Crippen molar-refractivity contribution in [3.05, 3.63) is 11.6 Å². The largest absolute Gasteiger partial charge is 0.394 e. The third-order valence-electron chi connectivity index (χ3n) is 20.8. The summed E-state index contributed by atoms with van der Waals surface area (Å²) in [5.41, 5.74) is -2.00. The molecule has 0 aromatic carbocycles. The van der Waals surface area contributed by atoms with Gasteiger partial charge in [-0.1, -0.05) is 53.2 Å². The number of fused-ring (bicyclic) bond motifs is 5. The molecule has 0 radical (unpaired) electrons. The van der Waals surface area contributed by atoms with Gasteiger partial charge in [-0.15, -0.1) is 0 Å². The van der Waals surface area contributed by atoms with E-state index in [9.17, 15) is 81.7 Å². The Balaban J connectivity index is 0.966. The Kier molecular flexibility index (Phi) is 19.1. The first kappa shape index (κ1) is 62.8. The van der Waals surface area contributed by atoms with Gasteiger partial charge in [-0.05, 0) is 99.7 Å². The van der Waals surface area contributed by atoms with Crippen molar-refractivity contribution in [1.29, 1.82) is 0 Å². The van der Waals surface area contributed by atoms with Crippen LogP contribution in [0.2, 0.25) is 0 Å². The maximum atomic E-state index is 12.7. The lowest BCUT2D eigenvalue weighted by atomic mass is 9.38. The van der Waals surface area contributed by atoms with E-state index in [2.05, 4.69) is 47.6 Å². The molecule has 4 aliphatic carbocycles. The van der Waals surface area contributed by atoms with Crippen molar-refractivity contribution >= 4 is 0 Å². The van der Waals surface area contributed by atoms with Crippen LogP contribution in [0.15, 0.2) is 11.6 Å². The predicted octanol–water partition coefficient (Wildman–Crippen LogP) is -3.23. The zero-order valence-electron chi connectivity index (χ0n) is 46.1. The molecule has 4 heterocycles. The molecule has 8 rings (SSSR count). The summed E-state index contributed by atoms with van der Waals surface area (Å²) < 4.78 is 47.7. The fourth-order valence-electron chi connectivity index (χ4n) is 15.7. The Labute approximate surface area is 455 Å². The summed E-state index contributed by atoms with van der Waals surface area (Å²) in [6.45, 7) is 13.3. The number of ether oxygens (including phenoxy) is 8. The minimum absolute atomic E-state index is 0.0141. The summed E-state index contributed by atoms with van der Waals surface area (Å²) >= 11 is 0. The number of aliphatic hydroxyl groups is 16. The maximum absolute atomic E-state index is 12.7. The molecule has 0 spiro atoms. The third kappa shape index (κ3) is 10.8. The second kappa shape index (κ2) is 23.7. The molecule has 3 unspecified atom stereocenters. The molecule has 4 aliphatic heterocycles. The van der Waals surface area contributed by atoms with Crippen molar-refractivity contribution in [2.24, 2.45) is 45.3 Å². The molecule has 16 N–H and O–H groups in total. The van der Waals surface area contributed by atoms with Crippen LogP contribution in [0.1, 0.15) is 107 Å². The second-order valence-electron chi connectivity index (χ2n) is 25.8. The highest BCUT2D eigenvalue weighted by Crippen LogP contribution is 2.75. The first-order chi connectivity index (χ1) is 36.5. The Morgan fingerprint density at radius 3 is 1.59 bits per heavy atom. The van der Waals surface area contributed by atoms with E-state index in [4.69, 9.17) is 37.9 Å². The van der Waals surface area contributed by atoms with Crippen molar-refractivity contribution in [3.63, 3.8) is 0 Å². The van der Waals surface area contributed by atoms with Crippen LogP contribution >= 0.6 is 0 Å². The van der Waals surface area contributed by atoms with E-state index in [1.54, 1.807) is 0 Å². The van der Waals surface area contributed by atoms with Gasteiger partial charge in [0.05, 0.1) is 50.3 Å². The van der Waals surface area contributed by atoms with Gasteiger partial charge in [-0.25, -0.2) is 0 Å². The number of hydrogen-bond donors (Lipinski definition) is 16. The average molecular weight is 1130 g/mol. The molecular weight excluding hydrogens is 1030 g/mol. The van der Waals surface area contributed by atoms with Crippen LogP contribution in [0, 0.1) is 45.3 Å². The van der Waals surface area contributed by atoms with Gasteiger partial charge in [0, 0.05) is 10.8 Å². The highest BCUT2D eigenvalue weighted by molar-refractivity contribution is 5.32. The first-order valence-corrected chi connectivity index (χ1v) is 28.0. The zero-order chi connectivity index (χ0) is 57.5. The number of rotatable bonds is 17. The molecule has 30 atom stereocenters. The second-order valence-corrected chi connectivity index (χ2v) is 25.8. The lowest BCUT2D eigenvalue weighted by Crippen LogP contribution is -2.67. The van der Waals surface area contributed by atoms with Crippen molar-refractivity contribution in [2.45, 2.75) is 253 Å². The Morgan fingerprint density at radius 2 is 1.05 bits per heavy atom. The van der Waals surface area contributed by atoms with Gasteiger partial charge in [-0.3, -0.25) is 0 Å². The van der Waals surface area contributed by atoms with Gasteiger partial charge in [0.2, 0.25) is 0 Å². The van der Waals surface area contributed by atoms with E-state index in [1.807, 2.05) is 0 Å². The molecule has 4 saturated heterocycles. The van der Waals surface area contributed by atoms with Crippen molar-refractivity contribution in [2.75, 3.05) is 26.4 Å². The number of allylic oxidation sites excluding steroid dienone is 1. The molecule has 0 aromatic rings. The topological polar surface area (TPSA) is 398 Å². The maximum Gasteiger partial charge on any atom is 0.187 e. The normalized spacial score (nSPS) is 51.4. The van der Waals surface area contributed by atoms with Crippen LogP contribution in [0.4, 0.5) is 0 Å². The molecule has 0 amide bonds. The lowest BCUT2D eigenvalue weighted by Gasteiger charge is -2.67. The van der Waals surface area contributed by atoms with E-state index in [1.165, 1.54) is 13.8 Å². The van der Waals surface area contributed by atoms with E-state index in [0.29, 0.717) is 32.1 Å². The fraction of sp³-hybridized carbons (Fsp3) is 0.963. The average Bonchev–Trinajstić information content (AvgIpc) is 3.83. The van der Waals surface area contributed by atoms with Crippen LogP contribution in [0.25, 0.3) is 0 Å². The minimum Gasteiger partial charge on any atom is -0.394 e. The molecule has 3 saturated carbocycles. The van der Waals surface area contributed by atoms with Crippen molar-refractivity contribution in [1.82, 2.24) is 0 Å². The minimum atomic E-state index is -2.02. The zero-order valence-corrected chi connectivity index (χ0v) is 46.1. The summed E-state index contributed by atoms with van der Waals surface area (Å²) in [6.07, 6.45) is -28.1. The van der Waals surface area contributed by atoms with Crippen LogP contribution in [-0.4, -0.2) is 255 Å². The molecule has 24 heteroatoms. The summed E-state index contributed by atoms with van der Waals surface area (Å²) in [5.74, 6) is 0.273. The van der Waals surface area contributed by atoms with E-state index in [-0.39, 0.29) is 40.9 Å². The van der Waals surface area contributed by atoms with Gasteiger partial charge in [0.15, 0.2) is 25.2 Å². The molecule has 24 nitrogen and oxygen atoms in total. The van der Waals surface area contributed by atoms with Gasteiger partial charge in [0.1, 0.15) is 97.7 Å². The molecule has 8 aliphatic rings. The Morgan fingerprint density at radius 1 is 0.564 bits per heavy atom. The van der Waals surface area contributed by atoms with Gasteiger partial charge in [0.25, 0.3) is 0 Å². The van der Waals surface area contributed by atoms with Gasteiger partial charge >= 0.3 is 0 Å². The molecule has 0 aromatic heterocycles. The monoisotopic (exact) mass is 1120 g/mol. The van der Waals surface area contributed by atoms with Crippen LogP contribution < -0.4 is 0 Å². The van der Waals surface area contributed by atoms with E-state index >= 15 is 0 Å². The predicted molar refractivity (Wildman–Crippen MR) is 268 cm³/mol. The fourth-order valence-corrected chi connectivity index (χ4v) is 15.7. The van der Waals surface area contributed by atoms with Gasteiger partial charge < -0.3 is 120 Å². The summed E-state index contributed by atoms with van der Waals surface area (Å²) in [6, 6.07) is 0. The van der Waals surface area contributed by atoms with E-state index < -0.39 is 184 Å². The van der Waals surface area contributed by atoms with Crippen LogP contribution in [-0.2, 0) is 37.9 Å². The standard InChI is InChI=1S/C54H92O24/c1-22(23-15-16-52(6)30-12-10-24-25(54(30,8)31(59)17-53(23,52)7)11-14-32(50(24,2)3)75-46-41(67)38(64)34(60)26(18-55)71-46)9-13-33(51(4,5)70)76-49-45(40(66)36(62)28(20-57)74-49)78-48-43(69)44(37(63)29(21-58)73-48)77-47-42(68)39(65)35(61)27(19-56)72-47/h10,22-23,25-49,55-70H,9,11-21H2,1-8H3/t22-,23?,25?,26-,27+,28-,29+,30?,31-,32+,33-,34-,35+,36-,37+,38+,39-,40+,41-,42+,43+,44-,45-,46+,47-,48-,49+,52+,53-,54+/m1/s1. The molecule has 78 heavy (non-hydrogen) atoms. The smallest absolute Gasteiger partial charge is 0.187 e.